The normalized spacial score (nSPS) is 11.7. The van der Waals surface area contributed by atoms with Crippen LogP contribution in [-0.2, 0) is 22.1 Å². The smallest absolute Gasteiger partial charge is 0.166 e. The topological polar surface area (TPSA) is 9.23 Å². The number of hydrogen-bond acceptors (Lipinski definition) is 1. The van der Waals surface area contributed by atoms with E-state index >= 15 is 0 Å². The van der Waals surface area contributed by atoms with Gasteiger partial charge in [-0.25, -0.2) is 0 Å². The van der Waals surface area contributed by atoms with Crippen molar-refractivity contribution in [2.75, 3.05) is 6.61 Å². The van der Waals surface area contributed by atoms with Gasteiger partial charge in [0, 0.05) is 0 Å². The van der Waals surface area contributed by atoms with Gasteiger partial charge >= 0.3 is 0 Å². The minimum Gasteiger partial charge on any atom is -0.375 e. The van der Waals surface area contributed by atoms with Crippen molar-refractivity contribution in [1.82, 2.24) is 0 Å². The number of hydrogen-bond donors (Lipinski definition) is 0. The van der Waals surface area contributed by atoms with Crippen LogP contribution < -0.4 is 0 Å². The highest BCUT2D eigenvalue weighted by molar-refractivity contribution is 7.97. The van der Waals surface area contributed by atoms with Crippen LogP contribution in [0.3, 0.4) is 0 Å². The van der Waals surface area contributed by atoms with E-state index in [1.54, 1.807) is 0 Å². The molecule has 0 saturated carbocycles. The summed E-state index contributed by atoms with van der Waals surface area (Å²) in [7, 11) is -0.0768. The first kappa shape index (κ1) is 20.7. The molecule has 0 N–H and O–H groups in total. The SMILES string of the molecule is CCC(C)(CC)OCCc1ccc([S+](c2ccccc2)c2ccccc2)cc1. The molecule has 28 heavy (non-hydrogen) atoms. The first-order valence-corrected chi connectivity index (χ1v) is 11.4. The van der Waals surface area contributed by atoms with Crippen molar-refractivity contribution >= 4 is 10.9 Å². The van der Waals surface area contributed by atoms with Crippen LogP contribution in [-0.4, -0.2) is 12.2 Å². The van der Waals surface area contributed by atoms with Crippen molar-refractivity contribution < 1.29 is 4.74 Å². The highest BCUT2D eigenvalue weighted by Crippen LogP contribution is 2.31. The van der Waals surface area contributed by atoms with E-state index in [0.29, 0.717) is 0 Å². The van der Waals surface area contributed by atoms with Crippen molar-refractivity contribution in [3.05, 3.63) is 90.5 Å². The second-order valence-electron chi connectivity index (χ2n) is 7.33. The van der Waals surface area contributed by atoms with E-state index < -0.39 is 0 Å². The van der Waals surface area contributed by atoms with E-state index in [-0.39, 0.29) is 16.5 Å². The van der Waals surface area contributed by atoms with Crippen molar-refractivity contribution in [3.8, 4) is 0 Å². The zero-order valence-electron chi connectivity index (χ0n) is 17.2. The zero-order chi connectivity index (χ0) is 19.8. The Labute approximate surface area is 173 Å². The summed E-state index contributed by atoms with van der Waals surface area (Å²) in [6.45, 7) is 7.39. The Hall–Kier alpha value is -2.03. The van der Waals surface area contributed by atoms with Crippen LogP contribution in [0.4, 0.5) is 0 Å². The fraction of sp³-hybridized carbons (Fsp3) is 0.308. The van der Waals surface area contributed by atoms with Crippen LogP contribution in [0.2, 0.25) is 0 Å². The summed E-state index contributed by atoms with van der Waals surface area (Å²) in [5.41, 5.74) is 1.34. The third-order valence-corrected chi connectivity index (χ3v) is 7.68. The van der Waals surface area contributed by atoms with Crippen LogP contribution in [0.15, 0.2) is 99.6 Å². The zero-order valence-corrected chi connectivity index (χ0v) is 18.0. The van der Waals surface area contributed by atoms with Gasteiger partial charge < -0.3 is 4.74 Å². The Kier molecular flexibility index (Phi) is 7.36. The summed E-state index contributed by atoms with van der Waals surface area (Å²) in [6, 6.07) is 30.7. The average molecular weight is 392 g/mol. The lowest BCUT2D eigenvalue weighted by Crippen LogP contribution is -2.27. The van der Waals surface area contributed by atoms with Crippen molar-refractivity contribution in [2.45, 2.75) is 60.3 Å². The molecule has 146 valence electrons. The molecule has 0 heterocycles. The minimum atomic E-state index is -0.0768. The van der Waals surface area contributed by atoms with E-state index in [2.05, 4.69) is 106 Å². The van der Waals surface area contributed by atoms with Crippen LogP contribution in [0, 0.1) is 0 Å². The molecule has 0 spiro atoms. The molecule has 1 nitrogen and oxygen atoms in total. The summed E-state index contributed by atoms with van der Waals surface area (Å²) in [6.07, 6.45) is 3.07. The Morgan fingerprint density at radius 3 is 1.61 bits per heavy atom. The molecule has 0 atom stereocenters. The van der Waals surface area contributed by atoms with E-state index in [0.717, 1.165) is 25.9 Å². The predicted octanol–water partition coefficient (Wildman–Crippen LogP) is 6.92. The second-order valence-corrected chi connectivity index (χ2v) is 9.36. The fourth-order valence-corrected chi connectivity index (χ4v) is 5.27. The van der Waals surface area contributed by atoms with Gasteiger partial charge in [0.1, 0.15) is 0 Å². The molecule has 0 fully saturated rings. The lowest BCUT2D eigenvalue weighted by molar-refractivity contribution is -0.0355. The average Bonchev–Trinajstić information content (AvgIpc) is 2.76. The summed E-state index contributed by atoms with van der Waals surface area (Å²) in [5, 5.41) is 0. The minimum absolute atomic E-state index is 0.00698. The molecule has 0 aliphatic heterocycles. The number of rotatable bonds is 9. The van der Waals surface area contributed by atoms with Crippen molar-refractivity contribution in [2.24, 2.45) is 0 Å². The molecule has 0 aliphatic rings. The second kappa shape index (κ2) is 9.95. The van der Waals surface area contributed by atoms with Gasteiger partial charge in [0.25, 0.3) is 0 Å². The predicted molar refractivity (Wildman–Crippen MR) is 120 cm³/mol. The maximum absolute atomic E-state index is 6.15. The van der Waals surface area contributed by atoms with E-state index in [1.807, 2.05) is 0 Å². The first-order valence-electron chi connectivity index (χ1n) is 10.2. The van der Waals surface area contributed by atoms with Gasteiger partial charge in [-0.3, -0.25) is 0 Å². The number of ether oxygens (including phenoxy) is 1. The molecule has 0 unspecified atom stereocenters. The Balaban J connectivity index is 1.76. The molecular formula is C26H31OS+. The van der Waals surface area contributed by atoms with Crippen molar-refractivity contribution in [1.29, 1.82) is 0 Å². The maximum atomic E-state index is 6.15. The van der Waals surface area contributed by atoms with Gasteiger partial charge in [0.15, 0.2) is 14.7 Å². The van der Waals surface area contributed by atoms with Gasteiger partial charge in [0.05, 0.1) is 23.1 Å². The fourth-order valence-electron chi connectivity index (χ4n) is 3.18. The molecule has 3 aromatic carbocycles. The molecule has 3 rings (SSSR count). The molecule has 0 aliphatic carbocycles. The Bertz CT molecular complexity index is 784. The monoisotopic (exact) mass is 391 g/mol. The quantitative estimate of drug-likeness (QED) is 0.360. The summed E-state index contributed by atoms with van der Waals surface area (Å²) in [4.78, 5) is 4.06. The van der Waals surface area contributed by atoms with Gasteiger partial charge in [-0.1, -0.05) is 62.4 Å². The number of benzene rings is 3. The molecule has 0 aromatic heterocycles. The van der Waals surface area contributed by atoms with Crippen LogP contribution >= 0.6 is 0 Å². The molecule has 2 heteroatoms. The standard InChI is InChI=1S/C26H31OS/c1-4-26(3,5-2)27-21-20-22-16-18-25(19-17-22)28(23-12-8-6-9-13-23)24-14-10-7-11-15-24/h6-19H,4-5,20-21H2,1-3H3/q+1. The molecule has 0 bridgehead atoms. The largest absolute Gasteiger partial charge is 0.375 e. The Morgan fingerprint density at radius 2 is 1.14 bits per heavy atom. The van der Waals surface area contributed by atoms with Crippen molar-refractivity contribution in [3.63, 3.8) is 0 Å². The van der Waals surface area contributed by atoms with Gasteiger partial charge in [-0.05, 0) is 68.1 Å². The van der Waals surface area contributed by atoms with E-state index in [9.17, 15) is 0 Å². The van der Waals surface area contributed by atoms with Gasteiger partial charge in [-0.2, -0.15) is 0 Å². The summed E-state index contributed by atoms with van der Waals surface area (Å²) < 4.78 is 6.15. The molecule has 0 radical (unpaired) electrons. The van der Waals surface area contributed by atoms with E-state index in [1.165, 1.54) is 20.2 Å². The lowest BCUT2D eigenvalue weighted by Gasteiger charge is -2.27. The lowest BCUT2D eigenvalue weighted by atomic mass is 10.00. The highest BCUT2D eigenvalue weighted by atomic mass is 32.2. The Morgan fingerprint density at radius 1 is 0.679 bits per heavy atom. The molecule has 0 amide bonds. The molecular weight excluding hydrogens is 360 g/mol. The van der Waals surface area contributed by atoms with Crippen LogP contribution in [0.25, 0.3) is 0 Å². The first-order chi connectivity index (χ1) is 13.6. The van der Waals surface area contributed by atoms with Crippen LogP contribution in [0.1, 0.15) is 39.2 Å². The molecule has 3 aromatic rings. The van der Waals surface area contributed by atoms with Crippen LogP contribution in [0.5, 0.6) is 0 Å². The summed E-state index contributed by atoms with van der Waals surface area (Å²) >= 11 is 0. The summed E-state index contributed by atoms with van der Waals surface area (Å²) in [5.74, 6) is 0. The molecule has 0 saturated heterocycles. The highest BCUT2D eigenvalue weighted by Gasteiger charge is 2.28. The maximum Gasteiger partial charge on any atom is 0.166 e. The third-order valence-electron chi connectivity index (χ3n) is 5.45. The van der Waals surface area contributed by atoms with E-state index in [4.69, 9.17) is 4.74 Å². The third kappa shape index (κ3) is 5.27. The van der Waals surface area contributed by atoms with Gasteiger partial charge in [0.2, 0.25) is 0 Å². The van der Waals surface area contributed by atoms with Gasteiger partial charge in [-0.15, -0.1) is 0 Å².